The van der Waals surface area contributed by atoms with Gasteiger partial charge < -0.3 is 5.11 Å². The molecule has 1 unspecified atom stereocenters. The van der Waals surface area contributed by atoms with E-state index in [0.717, 1.165) is 51.0 Å². The molecule has 156 valence electrons. The molecule has 0 aromatic heterocycles. The Kier molecular flexibility index (Phi) is 8.19. The summed E-state index contributed by atoms with van der Waals surface area (Å²) in [6, 6.07) is 17.6. The van der Waals surface area contributed by atoms with E-state index in [9.17, 15) is 9.90 Å². The van der Waals surface area contributed by atoms with Crippen LogP contribution in [0.4, 0.5) is 0 Å². The number of carbonyl (C=O) groups is 1. The molecule has 2 aromatic rings. The highest BCUT2D eigenvalue weighted by Gasteiger charge is 2.19. The Labute approximate surface area is 172 Å². The summed E-state index contributed by atoms with van der Waals surface area (Å²) in [5.41, 5.74) is 4.45. The zero-order valence-electron chi connectivity index (χ0n) is 16.8. The summed E-state index contributed by atoms with van der Waals surface area (Å²) in [6.45, 7) is 4.06. The number of aliphatic hydroxyl groups is 1. The number of amides is 1. The van der Waals surface area contributed by atoms with Gasteiger partial charge in [-0.15, -0.1) is 0 Å². The third-order valence-electron chi connectivity index (χ3n) is 5.62. The van der Waals surface area contributed by atoms with Crippen LogP contribution in [-0.4, -0.2) is 47.0 Å². The predicted octanol–water partition coefficient (Wildman–Crippen LogP) is 2.56. The molecule has 1 atom stereocenters. The first kappa shape index (κ1) is 21.5. The molecule has 0 aliphatic carbocycles. The van der Waals surface area contributed by atoms with E-state index >= 15 is 0 Å². The normalized spacial score (nSPS) is 16.5. The van der Waals surface area contributed by atoms with Crippen molar-refractivity contribution in [3.63, 3.8) is 0 Å². The number of nitrogens with one attached hydrogen (secondary N) is 2. The van der Waals surface area contributed by atoms with Crippen LogP contribution >= 0.6 is 0 Å². The summed E-state index contributed by atoms with van der Waals surface area (Å²) in [5.74, 6) is 0.0843. The number of hydrogen-bond acceptors (Lipinski definition) is 5. The molecule has 6 heteroatoms. The van der Waals surface area contributed by atoms with Gasteiger partial charge in [0.25, 0.3) is 5.91 Å². The summed E-state index contributed by atoms with van der Waals surface area (Å²) in [5, 5.41) is 22.2. The molecule has 1 aliphatic heterocycles. The van der Waals surface area contributed by atoms with Crippen LogP contribution in [0.1, 0.15) is 40.7 Å². The van der Waals surface area contributed by atoms with Gasteiger partial charge in [-0.1, -0.05) is 42.5 Å². The second kappa shape index (κ2) is 11.1. The lowest BCUT2D eigenvalue weighted by Gasteiger charge is -2.32. The first-order valence-corrected chi connectivity index (χ1v) is 10.3. The van der Waals surface area contributed by atoms with Gasteiger partial charge in [-0.05, 0) is 68.0 Å². The highest BCUT2D eigenvalue weighted by atomic mass is 16.5. The number of nitrogens with zero attached hydrogens (tertiary/aromatic N) is 1. The van der Waals surface area contributed by atoms with Crippen molar-refractivity contribution in [3.8, 4) is 0 Å². The second-order valence-corrected chi connectivity index (χ2v) is 7.81. The highest BCUT2D eigenvalue weighted by molar-refractivity contribution is 5.93. The number of likely N-dealkylation sites (tertiary alicyclic amines) is 1. The van der Waals surface area contributed by atoms with Gasteiger partial charge in [0.2, 0.25) is 0 Å². The first-order valence-electron chi connectivity index (χ1n) is 10.3. The third kappa shape index (κ3) is 6.94. The van der Waals surface area contributed by atoms with Gasteiger partial charge in [0, 0.05) is 18.7 Å². The lowest BCUT2D eigenvalue weighted by molar-refractivity contribution is 0.0706. The number of benzene rings is 2. The van der Waals surface area contributed by atoms with E-state index < -0.39 is 12.1 Å². The fourth-order valence-electron chi connectivity index (χ4n) is 3.79. The third-order valence-corrected chi connectivity index (χ3v) is 5.62. The molecule has 4 N–H and O–H groups in total. The van der Waals surface area contributed by atoms with Crippen LogP contribution in [0.3, 0.4) is 0 Å². The molecular formula is C23H31N3O3. The van der Waals surface area contributed by atoms with Crippen LogP contribution in [-0.2, 0) is 13.0 Å². The maximum absolute atomic E-state index is 11.3. The monoisotopic (exact) mass is 397 g/mol. The molecule has 6 nitrogen and oxygen atoms in total. The highest BCUT2D eigenvalue weighted by Crippen LogP contribution is 2.18. The number of hydrogen-bond donors (Lipinski definition) is 4. The van der Waals surface area contributed by atoms with Crippen LogP contribution in [0.2, 0.25) is 0 Å². The Hall–Kier alpha value is -2.25. The molecular weight excluding hydrogens is 366 g/mol. The summed E-state index contributed by atoms with van der Waals surface area (Å²) < 4.78 is 0. The van der Waals surface area contributed by atoms with Crippen molar-refractivity contribution in [3.05, 3.63) is 71.3 Å². The van der Waals surface area contributed by atoms with E-state index in [0.29, 0.717) is 17.9 Å². The molecule has 3 rings (SSSR count). The van der Waals surface area contributed by atoms with Crippen LogP contribution < -0.4 is 10.8 Å². The fraction of sp³-hybridized carbons (Fsp3) is 0.435. The van der Waals surface area contributed by atoms with E-state index in [2.05, 4.69) is 40.5 Å². The molecule has 1 amide bonds. The fourth-order valence-corrected chi connectivity index (χ4v) is 3.79. The number of carbonyl (C=O) groups excluding carboxylic acids is 1. The van der Waals surface area contributed by atoms with Gasteiger partial charge in [0.15, 0.2) is 0 Å². The molecule has 0 saturated carbocycles. The van der Waals surface area contributed by atoms with E-state index in [1.54, 1.807) is 17.6 Å². The standard InChI is InChI=1S/C23H31N3O3/c27-22(11-8-18-6-9-21(10-7-18)23(28)25-29)24-16-19-12-14-26(15-13-19)17-20-4-2-1-3-5-20/h1-7,9-10,19,22,24,27,29H,8,11-17H2,(H,25,28). The molecule has 1 saturated heterocycles. The van der Waals surface area contributed by atoms with Crippen molar-refractivity contribution in [2.45, 2.75) is 38.5 Å². The predicted molar refractivity (Wildman–Crippen MR) is 112 cm³/mol. The quantitative estimate of drug-likeness (QED) is 0.297. The molecule has 1 heterocycles. The molecule has 2 aromatic carbocycles. The minimum atomic E-state index is -0.530. The zero-order valence-corrected chi connectivity index (χ0v) is 16.8. The maximum Gasteiger partial charge on any atom is 0.274 e. The number of hydroxylamine groups is 1. The lowest BCUT2D eigenvalue weighted by atomic mass is 9.96. The Bertz CT molecular complexity index is 744. The van der Waals surface area contributed by atoms with Gasteiger partial charge in [-0.25, -0.2) is 5.48 Å². The maximum atomic E-state index is 11.3. The number of rotatable bonds is 9. The van der Waals surface area contributed by atoms with Gasteiger partial charge in [0.05, 0.1) is 0 Å². The molecule has 1 fully saturated rings. The van der Waals surface area contributed by atoms with Crippen molar-refractivity contribution >= 4 is 5.91 Å². The second-order valence-electron chi connectivity index (χ2n) is 7.81. The van der Waals surface area contributed by atoms with Gasteiger partial charge in [-0.3, -0.25) is 20.2 Å². The van der Waals surface area contributed by atoms with Crippen molar-refractivity contribution in [2.75, 3.05) is 19.6 Å². The topological polar surface area (TPSA) is 84.8 Å². The van der Waals surface area contributed by atoms with Gasteiger partial charge >= 0.3 is 0 Å². The SMILES string of the molecule is O=C(NO)c1ccc(CCC(O)NCC2CCN(Cc3ccccc3)CC2)cc1. The van der Waals surface area contributed by atoms with E-state index in [1.807, 2.05) is 12.1 Å². The Morgan fingerprint density at radius 1 is 1.03 bits per heavy atom. The largest absolute Gasteiger partial charge is 0.379 e. The van der Waals surface area contributed by atoms with Gasteiger partial charge in [0.1, 0.15) is 6.23 Å². The smallest absolute Gasteiger partial charge is 0.274 e. The summed E-state index contributed by atoms with van der Waals surface area (Å²) >= 11 is 0. The minimum Gasteiger partial charge on any atom is -0.379 e. The Morgan fingerprint density at radius 2 is 1.72 bits per heavy atom. The van der Waals surface area contributed by atoms with Crippen LogP contribution in [0.25, 0.3) is 0 Å². The van der Waals surface area contributed by atoms with Crippen molar-refractivity contribution in [2.24, 2.45) is 5.92 Å². The Balaban J connectivity index is 1.32. The molecule has 0 spiro atoms. The van der Waals surface area contributed by atoms with E-state index in [1.165, 1.54) is 5.56 Å². The summed E-state index contributed by atoms with van der Waals surface area (Å²) in [4.78, 5) is 13.8. The molecule has 0 radical (unpaired) electrons. The Morgan fingerprint density at radius 3 is 2.38 bits per heavy atom. The van der Waals surface area contributed by atoms with Crippen LogP contribution in [0.15, 0.2) is 54.6 Å². The number of aryl methyl sites for hydroxylation is 1. The molecule has 0 bridgehead atoms. The van der Waals surface area contributed by atoms with Crippen LogP contribution in [0, 0.1) is 5.92 Å². The minimum absolute atomic E-state index is 0.411. The van der Waals surface area contributed by atoms with Crippen molar-refractivity contribution in [1.82, 2.24) is 15.7 Å². The zero-order chi connectivity index (χ0) is 20.5. The van der Waals surface area contributed by atoms with E-state index in [4.69, 9.17) is 5.21 Å². The molecule has 29 heavy (non-hydrogen) atoms. The molecule has 1 aliphatic rings. The number of piperidine rings is 1. The van der Waals surface area contributed by atoms with Crippen molar-refractivity contribution < 1.29 is 15.1 Å². The van der Waals surface area contributed by atoms with Crippen LogP contribution in [0.5, 0.6) is 0 Å². The number of aliphatic hydroxyl groups excluding tert-OH is 1. The average Bonchev–Trinajstić information content (AvgIpc) is 2.77. The van der Waals surface area contributed by atoms with E-state index in [-0.39, 0.29) is 0 Å². The lowest BCUT2D eigenvalue weighted by Crippen LogP contribution is -2.39. The van der Waals surface area contributed by atoms with Crippen molar-refractivity contribution in [1.29, 1.82) is 0 Å². The van der Waals surface area contributed by atoms with Gasteiger partial charge in [-0.2, -0.15) is 0 Å². The summed E-state index contributed by atoms with van der Waals surface area (Å²) in [7, 11) is 0. The summed E-state index contributed by atoms with van der Waals surface area (Å²) in [6.07, 6.45) is 3.13. The first-order chi connectivity index (χ1) is 14.1. The average molecular weight is 398 g/mol.